The Morgan fingerprint density at radius 1 is 1.46 bits per heavy atom. The second-order valence-electron chi connectivity index (χ2n) is 4.18. The highest BCUT2D eigenvalue weighted by atomic mass is 15.2. The van der Waals surface area contributed by atoms with Crippen LogP contribution < -0.4 is 5.32 Å². The summed E-state index contributed by atoms with van der Waals surface area (Å²) in [4.78, 5) is 6.88. The summed E-state index contributed by atoms with van der Waals surface area (Å²) >= 11 is 0. The van der Waals surface area contributed by atoms with Gasteiger partial charge in [0, 0.05) is 25.6 Å². The summed E-state index contributed by atoms with van der Waals surface area (Å²) in [6, 6.07) is 0.654. The molecular weight excluding hydrogens is 162 g/mol. The first-order valence-corrected chi connectivity index (χ1v) is 5.33. The molecule has 2 rings (SSSR count). The summed E-state index contributed by atoms with van der Waals surface area (Å²) in [6.07, 6.45) is 5.03. The van der Waals surface area contributed by atoms with Gasteiger partial charge in [-0.2, -0.15) is 0 Å². The van der Waals surface area contributed by atoms with Crippen molar-refractivity contribution in [3.63, 3.8) is 0 Å². The molecule has 0 aromatic carbocycles. The number of nitrogens with one attached hydrogen (secondary N) is 1. The van der Waals surface area contributed by atoms with Crippen molar-refractivity contribution in [2.75, 3.05) is 26.7 Å². The van der Waals surface area contributed by atoms with Crippen LogP contribution in [0.2, 0.25) is 0 Å². The third-order valence-electron chi connectivity index (χ3n) is 2.89. The summed E-state index contributed by atoms with van der Waals surface area (Å²) < 4.78 is 0. The average Bonchev–Trinajstić information content (AvgIpc) is 2.53. The van der Waals surface area contributed by atoms with Crippen molar-refractivity contribution < 1.29 is 0 Å². The Hall–Kier alpha value is -0.570. The molecule has 0 amide bonds. The van der Waals surface area contributed by atoms with Crippen LogP contribution in [0, 0.1) is 0 Å². The summed E-state index contributed by atoms with van der Waals surface area (Å²) in [5.41, 5.74) is 0. The molecule has 3 heteroatoms. The number of nitrogens with zero attached hydrogens (tertiary/aromatic N) is 2. The Labute approximate surface area is 80.2 Å². The topological polar surface area (TPSA) is 27.6 Å². The van der Waals surface area contributed by atoms with Gasteiger partial charge in [-0.05, 0) is 32.9 Å². The van der Waals surface area contributed by atoms with Crippen LogP contribution in [0.15, 0.2) is 4.99 Å². The van der Waals surface area contributed by atoms with Gasteiger partial charge in [0.25, 0.3) is 0 Å². The van der Waals surface area contributed by atoms with E-state index in [1.54, 1.807) is 0 Å². The number of likely N-dealkylation sites (N-methyl/N-ethyl adjacent to an activating group) is 1. The minimum Gasteiger partial charge on any atom is -0.370 e. The van der Waals surface area contributed by atoms with E-state index in [9.17, 15) is 0 Å². The molecule has 0 aromatic heterocycles. The number of aliphatic imine (C=N–C) groups is 1. The summed E-state index contributed by atoms with van der Waals surface area (Å²) in [7, 11) is 2.18. The highest BCUT2D eigenvalue weighted by Crippen LogP contribution is 2.09. The quantitative estimate of drug-likeness (QED) is 0.650. The minimum atomic E-state index is 0.654. The Morgan fingerprint density at radius 3 is 3.00 bits per heavy atom. The predicted molar refractivity (Wildman–Crippen MR) is 55.2 cm³/mol. The smallest absolute Gasteiger partial charge is 0.0965 e. The molecule has 2 aliphatic rings. The zero-order valence-corrected chi connectivity index (χ0v) is 8.42. The molecule has 1 saturated heterocycles. The number of rotatable bonds is 1. The van der Waals surface area contributed by atoms with Crippen molar-refractivity contribution in [1.29, 1.82) is 0 Å². The van der Waals surface area contributed by atoms with Crippen LogP contribution in [0.25, 0.3) is 0 Å². The molecule has 2 heterocycles. The van der Waals surface area contributed by atoms with Crippen molar-refractivity contribution in [2.45, 2.75) is 31.7 Å². The molecule has 0 radical (unpaired) electrons. The summed E-state index contributed by atoms with van der Waals surface area (Å²) in [5, 5.41) is 3.56. The second kappa shape index (κ2) is 4.09. The highest BCUT2D eigenvalue weighted by Gasteiger charge is 2.20. The lowest BCUT2D eigenvalue weighted by atomic mass is 10.1. The summed E-state index contributed by atoms with van der Waals surface area (Å²) in [6.45, 7) is 3.44. The van der Waals surface area contributed by atoms with Gasteiger partial charge in [0.15, 0.2) is 0 Å². The van der Waals surface area contributed by atoms with Gasteiger partial charge in [0.05, 0.1) is 5.84 Å². The maximum absolute atomic E-state index is 4.50. The monoisotopic (exact) mass is 181 g/mol. The van der Waals surface area contributed by atoms with Crippen molar-refractivity contribution in [1.82, 2.24) is 10.2 Å². The van der Waals surface area contributed by atoms with Crippen LogP contribution in [-0.2, 0) is 0 Å². The Morgan fingerprint density at radius 2 is 2.38 bits per heavy atom. The average molecular weight is 181 g/mol. The standard InChI is InChI=1S/C10H19N3/c1-13-7-5-9(8-13)12-10-4-2-3-6-11-10/h9H,2-8H2,1H3,(H,11,12). The fourth-order valence-electron chi connectivity index (χ4n) is 2.10. The molecule has 0 aliphatic carbocycles. The number of hydrogen-bond acceptors (Lipinski definition) is 3. The summed E-state index contributed by atoms with van der Waals surface area (Å²) in [5.74, 6) is 1.26. The maximum atomic E-state index is 4.50. The molecule has 1 N–H and O–H groups in total. The Balaban J connectivity index is 1.80. The van der Waals surface area contributed by atoms with Crippen molar-refractivity contribution in [3.05, 3.63) is 0 Å². The van der Waals surface area contributed by atoms with Crippen LogP contribution in [-0.4, -0.2) is 43.5 Å². The highest BCUT2D eigenvalue weighted by molar-refractivity contribution is 5.82. The lowest BCUT2D eigenvalue weighted by molar-refractivity contribution is 0.406. The third kappa shape index (κ3) is 2.44. The molecule has 1 unspecified atom stereocenters. The molecule has 0 saturated carbocycles. The van der Waals surface area contributed by atoms with Crippen molar-refractivity contribution in [3.8, 4) is 0 Å². The minimum absolute atomic E-state index is 0.654. The Bertz CT molecular complexity index is 200. The van der Waals surface area contributed by atoms with Crippen LogP contribution in [0.5, 0.6) is 0 Å². The molecule has 3 nitrogen and oxygen atoms in total. The normalized spacial score (nSPS) is 30.2. The second-order valence-corrected chi connectivity index (χ2v) is 4.18. The molecule has 74 valence electrons. The van der Waals surface area contributed by atoms with E-state index in [0.717, 1.165) is 6.54 Å². The fourth-order valence-corrected chi connectivity index (χ4v) is 2.10. The van der Waals surface area contributed by atoms with Crippen LogP contribution in [0.3, 0.4) is 0 Å². The predicted octanol–water partition coefficient (Wildman–Crippen LogP) is 0.862. The molecule has 0 aromatic rings. The zero-order chi connectivity index (χ0) is 9.10. The molecule has 1 atom stereocenters. The van der Waals surface area contributed by atoms with E-state index in [4.69, 9.17) is 0 Å². The first-order valence-electron chi connectivity index (χ1n) is 5.33. The zero-order valence-electron chi connectivity index (χ0n) is 8.42. The van der Waals surface area contributed by atoms with Crippen molar-refractivity contribution >= 4 is 5.84 Å². The van der Waals surface area contributed by atoms with Gasteiger partial charge in [-0.15, -0.1) is 0 Å². The molecule has 0 spiro atoms. The molecule has 13 heavy (non-hydrogen) atoms. The SMILES string of the molecule is CN1CCC(NC2=NCCCC2)C1. The van der Waals surface area contributed by atoms with Gasteiger partial charge in [0.2, 0.25) is 0 Å². The van der Waals surface area contributed by atoms with Crippen LogP contribution in [0.1, 0.15) is 25.7 Å². The van der Waals surface area contributed by atoms with E-state index in [1.807, 2.05) is 0 Å². The number of likely N-dealkylation sites (tertiary alicyclic amines) is 1. The first-order chi connectivity index (χ1) is 6.34. The van der Waals surface area contributed by atoms with E-state index < -0.39 is 0 Å². The molecular formula is C10H19N3. The van der Waals surface area contributed by atoms with E-state index in [1.165, 1.54) is 44.6 Å². The lowest BCUT2D eigenvalue weighted by Gasteiger charge is -2.18. The van der Waals surface area contributed by atoms with Gasteiger partial charge in [0.1, 0.15) is 0 Å². The van der Waals surface area contributed by atoms with Gasteiger partial charge < -0.3 is 10.2 Å². The van der Waals surface area contributed by atoms with Gasteiger partial charge >= 0.3 is 0 Å². The molecule has 2 aliphatic heterocycles. The van der Waals surface area contributed by atoms with Gasteiger partial charge in [-0.1, -0.05) is 0 Å². The number of hydrogen-bond donors (Lipinski definition) is 1. The largest absolute Gasteiger partial charge is 0.370 e. The molecule has 0 bridgehead atoms. The van der Waals surface area contributed by atoms with Crippen LogP contribution in [0.4, 0.5) is 0 Å². The first kappa shape index (κ1) is 9.00. The van der Waals surface area contributed by atoms with Gasteiger partial charge in [-0.25, -0.2) is 0 Å². The van der Waals surface area contributed by atoms with Crippen molar-refractivity contribution in [2.24, 2.45) is 4.99 Å². The van der Waals surface area contributed by atoms with E-state index in [-0.39, 0.29) is 0 Å². The fraction of sp³-hybridized carbons (Fsp3) is 0.900. The van der Waals surface area contributed by atoms with E-state index in [2.05, 4.69) is 22.3 Å². The lowest BCUT2D eigenvalue weighted by Crippen LogP contribution is -2.37. The third-order valence-corrected chi connectivity index (χ3v) is 2.89. The van der Waals surface area contributed by atoms with Crippen LogP contribution >= 0.6 is 0 Å². The maximum Gasteiger partial charge on any atom is 0.0965 e. The Kier molecular flexibility index (Phi) is 2.83. The van der Waals surface area contributed by atoms with E-state index >= 15 is 0 Å². The van der Waals surface area contributed by atoms with Gasteiger partial charge in [-0.3, -0.25) is 4.99 Å². The van der Waals surface area contributed by atoms with E-state index in [0.29, 0.717) is 6.04 Å². The molecule has 1 fully saturated rings. The number of amidine groups is 1.